The van der Waals surface area contributed by atoms with Gasteiger partial charge in [0.2, 0.25) is 0 Å². The highest BCUT2D eigenvalue weighted by Crippen LogP contribution is 2.51. The Balaban J connectivity index is 1.39. The number of hydrogen-bond donors (Lipinski definition) is 2. The lowest BCUT2D eigenvalue weighted by Gasteiger charge is -2.50. The minimum Gasteiger partial charge on any atom is -0.385 e. The molecular formula is C34H45NO2. The van der Waals surface area contributed by atoms with Gasteiger partial charge < -0.3 is 15.1 Å². The second-order valence-corrected chi connectivity index (χ2v) is 12.5. The number of rotatable bonds is 8. The van der Waals surface area contributed by atoms with Crippen molar-refractivity contribution < 1.29 is 10.2 Å². The predicted molar refractivity (Wildman–Crippen MR) is 154 cm³/mol. The Morgan fingerprint density at radius 3 is 1.59 bits per heavy atom. The van der Waals surface area contributed by atoms with Gasteiger partial charge in [0, 0.05) is 5.41 Å². The van der Waals surface area contributed by atoms with Gasteiger partial charge in [0.15, 0.2) is 0 Å². The number of aliphatic hydroxyl groups is 2. The molecule has 1 aliphatic rings. The highest BCUT2D eigenvalue weighted by Gasteiger charge is 2.50. The molecule has 2 N–H and O–H groups in total. The average molecular weight is 500 g/mol. The molecule has 1 aliphatic heterocycles. The number of hydrogen-bond acceptors (Lipinski definition) is 3. The molecule has 0 aromatic heterocycles. The maximum atomic E-state index is 12.4. The molecule has 0 aliphatic carbocycles. The molecule has 0 spiro atoms. The van der Waals surface area contributed by atoms with E-state index in [1.807, 2.05) is 43.3 Å². The highest BCUT2D eigenvalue weighted by molar-refractivity contribution is 5.39. The third-order valence-electron chi connectivity index (χ3n) is 8.73. The van der Waals surface area contributed by atoms with E-state index in [1.165, 1.54) is 5.56 Å². The summed E-state index contributed by atoms with van der Waals surface area (Å²) in [5.74, 6) is 0. The standard InChI is InChI=1S/C34H45NO2/c1-31(2,3)27-17-19-28(20-18-27)33(5,36)21-12-24-35-25-22-32(4,23-26-35)34(37,29-13-8-6-9-14-29)30-15-10-7-11-16-30/h6-11,13-20,36-37H,12,21-26H2,1-5H3. The zero-order valence-electron chi connectivity index (χ0n) is 23.4. The minimum absolute atomic E-state index is 0.111. The van der Waals surface area contributed by atoms with Gasteiger partial charge in [-0.05, 0) is 79.9 Å². The summed E-state index contributed by atoms with van der Waals surface area (Å²) in [5.41, 5.74) is 2.17. The summed E-state index contributed by atoms with van der Waals surface area (Å²) in [5, 5.41) is 23.6. The van der Waals surface area contributed by atoms with Gasteiger partial charge in [0.05, 0.1) is 5.60 Å². The lowest BCUT2D eigenvalue weighted by Crippen LogP contribution is -2.51. The Morgan fingerprint density at radius 2 is 1.14 bits per heavy atom. The average Bonchev–Trinajstić information content (AvgIpc) is 2.90. The molecule has 0 saturated carbocycles. The molecule has 1 fully saturated rings. The molecule has 0 bridgehead atoms. The summed E-state index contributed by atoms with van der Waals surface area (Å²) in [6, 6.07) is 28.8. The van der Waals surface area contributed by atoms with Crippen molar-refractivity contribution >= 4 is 0 Å². The van der Waals surface area contributed by atoms with Crippen LogP contribution in [0.2, 0.25) is 0 Å². The van der Waals surface area contributed by atoms with Crippen LogP contribution in [-0.4, -0.2) is 34.7 Å². The molecule has 1 atom stereocenters. The van der Waals surface area contributed by atoms with Crippen molar-refractivity contribution in [2.24, 2.45) is 5.41 Å². The van der Waals surface area contributed by atoms with E-state index in [0.717, 1.165) is 62.0 Å². The molecular weight excluding hydrogens is 454 g/mol. The maximum absolute atomic E-state index is 12.4. The van der Waals surface area contributed by atoms with Gasteiger partial charge >= 0.3 is 0 Å². The van der Waals surface area contributed by atoms with Crippen LogP contribution in [0.15, 0.2) is 84.9 Å². The number of benzene rings is 3. The number of nitrogens with zero attached hydrogens (tertiary/aromatic N) is 1. The fourth-order valence-electron chi connectivity index (χ4n) is 5.97. The topological polar surface area (TPSA) is 43.7 Å². The molecule has 37 heavy (non-hydrogen) atoms. The molecule has 1 unspecified atom stereocenters. The van der Waals surface area contributed by atoms with E-state index in [-0.39, 0.29) is 10.8 Å². The molecule has 1 saturated heterocycles. The number of piperidine rings is 1. The third-order valence-corrected chi connectivity index (χ3v) is 8.73. The van der Waals surface area contributed by atoms with Crippen molar-refractivity contribution in [1.82, 2.24) is 4.90 Å². The van der Waals surface area contributed by atoms with Crippen LogP contribution in [-0.2, 0) is 16.6 Å². The zero-order valence-corrected chi connectivity index (χ0v) is 23.4. The van der Waals surface area contributed by atoms with Crippen LogP contribution in [0.3, 0.4) is 0 Å². The van der Waals surface area contributed by atoms with E-state index in [4.69, 9.17) is 0 Å². The van der Waals surface area contributed by atoms with Crippen LogP contribution in [0.4, 0.5) is 0 Å². The Hall–Kier alpha value is -2.46. The first-order chi connectivity index (χ1) is 17.5. The predicted octanol–water partition coefficient (Wildman–Crippen LogP) is 7.01. The van der Waals surface area contributed by atoms with Gasteiger partial charge in [-0.15, -0.1) is 0 Å². The van der Waals surface area contributed by atoms with E-state index < -0.39 is 11.2 Å². The summed E-state index contributed by atoms with van der Waals surface area (Å²) in [6.07, 6.45) is 3.50. The molecule has 3 aromatic carbocycles. The van der Waals surface area contributed by atoms with Crippen LogP contribution in [0, 0.1) is 5.41 Å². The second kappa shape index (κ2) is 10.7. The Kier molecular flexibility index (Phi) is 7.99. The van der Waals surface area contributed by atoms with Gasteiger partial charge in [0.25, 0.3) is 0 Å². The summed E-state index contributed by atoms with van der Waals surface area (Å²) in [7, 11) is 0. The van der Waals surface area contributed by atoms with E-state index in [1.54, 1.807) is 0 Å². The lowest BCUT2D eigenvalue weighted by molar-refractivity contribution is -0.0806. The van der Waals surface area contributed by atoms with Crippen LogP contribution < -0.4 is 0 Å². The first kappa shape index (κ1) is 27.6. The molecule has 4 rings (SSSR count). The lowest BCUT2D eigenvalue weighted by atomic mass is 9.61. The molecule has 0 amide bonds. The SMILES string of the molecule is CC(C)(C)c1ccc(C(C)(O)CCCN2CCC(C)(C(O)(c3ccccc3)c3ccccc3)CC2)cc1. The van der Waals surface area contributed by atoms with Crippen LogP contribution >= 0.6 is 0 Å². The smallest absolute Gasteiger partial charge is 0.120 e. The van der Waals surface area contributed by atoms with E-state index in [9.17, 15) is 10.2 Å². The Bertz CT molecular complexity index is 1080. The van der Waals surface area contributed by atoms with E-state index in [0.29, 0.717) is 0 Å². The highest BCUT2D eigenvalue weighted by atomic mass is 16.3. The van der Waals surface area contributed by atoms with Crippen molar-refractivity contribution in [3.05, 3.63) is 107 Å². The maximum Gasteiger partial charge on any atom is 0.120 e. The van der Waals surface area contributed by atoms with Crippen molar-refractivity contribution in [2.75, 3.05) is 19.6 Å². The zero-order chi connectivity index (χ0) is 26.7. The van der Waals surface area contributed by atoms with Crippen LogP contribution in [0.5, 0.6) is 0 Å². The molecule has 198 valence electrons. The first-order valence-electron chi connectivity index (χ1n) is 13.8. The minimum atomic E-state index is -1.04. The van der Waals surface area contributed by atoms with E-state index in [2.05, 4.69) is 81.1 Å². The molecule has 3 nitrogen and oxygen atoms in total. The largest absolute Gasteiger partial charge is 0.385 e. The second-order valence-electron chi connectivity index (χ2n) is 12.5. The van der Waals surface area contributed by atoms with Gasteiger partial charge in [-0.25, -0.2) is 0 Å². The molecule has 3 aromatic rings. The summed E-state index contributed by atoms with van der Waals surface area (Å²) in [6.45, 7) is 13.7. The first-order valence-corrected chi connectivity index (χ1v) is 13.8. The number of likely N-dealkylation sites (tertiary alicyclic amines) is 1. The van der Waals surface area contributed by atoms with E-state index >= 15 is 0 Å². The molecule has 0 radical (unpaired) electrons. The van der Waals surface area contributed by atoms with Crippen molar-refractivity contribution in [3.8, 4) is 0 Å². The quantitative estimate of drug-likeness (QED) is 0.350. The molecule has 1 heterocycles. The van der Waals surface area contributed by atoms with Gasteiger partial charge in [0.1, 0.15) is 5.60 Å². The van der Waals surface area contributed by atoms with Crippen molar-refractivity contribution in [2.45, 2.75) is 76.9 Å². The normalized spacial score (nSPS) is 18.4. The van der Waals surface area contributed by atoms with Gasteiger partial charge in [-0.1, -0.05) is 113 Å². The van der Waals surface area contributed by atoms with Crippen molar-refractivity contribution in [3.63, 3.8) is 0 Å². The summed E-state index contributed by atoms with van der Waals surface area (Å²) >= 11 is 0. The van der Waals surface area contributed by atoms with Crippen LogP contribution in [0.25, 0.3) is 0 Å². The fourth-order valence-corrected chi connectivity index (χ4v) is 5.97. The van der Waals surface area contributed by atoms with Gasteiger partial charge in [-0.3, -0.25) is 0 Å². The van der Waals surface area contributed by atoms with Crippen LogP contribution in [0.1, 0.15) is 82.6 Å². The summed E-state index contributed by atoms with van der Waals surface area (Å²) in [4.78, 5) is 2.50. The Labute approximate surface area is 224 Å². The van der Waals surface area contributed by atoms with Crippen molar-refractivity contribution in [1.29, 1.82) is 0 Å². The fraction of sp³-hybridized carbons (Fsp3) is 0.471. The van der Waals surface area contributed by atoms with Gasteiger partial charge in [-0.2, -0.15) is 0 Å². The Morgan fingerprint density at radius 1 is 0.676 bits per heavy atom. The molecule has 3 heteroatoms. The third kappa shape index (κ3) is 5.85. The summed E-state index contributed by atoms with van der Waals surface area (Å²) < 4.78 is 0. The monoisotopic (exact) mass is 499 g/mol.